The predicted molar refractivity (Wildman–Crippen MR) is 113 cm³/mol. The van der Waals surface area contributed by atoms with Gasteiger partial charge in [0, 0.05) is 38.2 Å². The van der Waals surface area contributed by atoms with Crippen molar-refractivity contribution in [3.63, 3.8) is 0 Å². The molecule has 3 rings (SSSR count). The van der Waals surface area contributed by atoms with Gasteiger partial charge >= 0.3 is 6.03 Å². The van der Waals surface area contributed by atoms with E-state index in [4.69, 9.17) is 11.6 Å². The van der Waals surface area contributed by atoms with Crippen molar-refractivity contribution in [2.24, 2.45) is 5.92 Å². The number of halogens is 1. The zero-order valence-electron chi connectivity index (χ0n) is 17.0. The van der Waals surface area contributed by atoms with Crippen molar-refractivity contribution in [2.45, 2.75) is 57.4 Å². The van der Waals surface area contributed by atoms with Crippen LogP contribution in [0.5, 0.6) is 0 Å². The number of amides is 2. The summed E-state index contributed by atoms with van der Waals surface area (Å²) in [6.45, 7) is 5.78. The lowest BCUT2D eigenvalue weighted by atomic mass is 9.84. The minimum Gasteiger partial charge on any atom is -0.335 e. The molecule has 27 heavy (non-hydrogen) atoms. The molecule has 0 aromatic heterocycles. The molecule has 2 aliphatic rings. The highest BCUT2D eigenvalue weighted by Crippen LogP contribution is 2.30. The largest absolute Gasteiger partial charge is 0.335 e. The van der Waals surface area contributed by atoms with Crippen LogP contribution in [0.25, 0.3) is 0 Å². The van der Waals surface area contributed by atoms with Crippen LogP contribution in [-0.4, -0.2) is 55.6 Å². The minimum absolute atomic E-state index is 0.0386. The van der Waals surface area contributed by atoms with Gasteiger partial charge in [0.1, 0.15) is 0 Å². The number of nitrogens with one attached hydrogen (secondary N) is 1. The Balaban J connectivity index is 1.43. The SMILES string of the molecule is C[C@@H]1CN(CCC2CCC(NC(=O)N(C)C)CC2)CCc2ccc(Cl)cc21. The fourth-order valence-electron chi connectivity index (χ4n) is 4.58. The van der Waals surface area contributed by atoms with Crippen molar-refractivity contribution in [1.82, 2.24) is 15.1 Å². The molecule has 5 heteroatoms. The number of urea groups is 1. The molecule has 1 saturated carbocycles. The summed E-state index contributed by atoms with van der Waals surface area (Å²) in [5, 5.41) is 3.99. The van der Waals surface area contributed by atoms with Crippen LogP contribution in [0.4, 0.5) is 4.79 Å². The normalized spacial score (nSPS) is 26.1. The molecule has 1 heterocycles. The van der Waals surface area contributed by atoms with Crippen LogP contribution in [0.15, 0.2) is 18.2 Å². The first-order chi connectivity index (χ1) is 12.9. The maximum atomic E-state index is 11.8. The van der Waals surface area contributed by atoms with Crippen LogP contribution < -0.4 is 5.32 Å². The maximum Gasteiger partial charge on any atom is 0.317 e. The molecule has 2 amide bonds. The average molecular weight is 392 g/mol. The number of benzene rings is 1. The van der Waals surface area contributed by atoms with E-state index in [2.05, 4.69) is 29.3 Å². The van der Waals surface area contributed by atoms with Crippen LogP contribution >= 0.6 is 11.6 Å². The summed E-state index contributed by atoms with van der Waals surface area (Å²) in [5.74, 6) is 1.34. The van der Waals surface area contributed by atoms with Gasteiger partial charge in [-0.05, 0) is 80.2 Å². The molecule has 1 aromatic carbocycles. The van der Waals surface area contributed by atoms with Gasteiger partial charge in [-0.25, -0.2) is 4.79 Å². The molecule has 0 saturated heterocycles. The summed E-state index contributed by atoms with van der Waals surface area (Å²) in [6.07, 6.45) is 7.10. The van der Waals surface area contributed by atoms with Gasteiger partial charge in [-0.15, -0.1) is 0 Å². The molecule has 150 valence electrons. The quantitative estimate of drug-likeness (QED) is 0.818. The Morgan fingerprint density at radius 1 is 1.26 bits per heavy atom. The van der Waals surface area contributed by atoms with Crippen molar-refractivity contribution in [3.05, 3.63) is 34.3 Å². The minimum atomic E-state index is 0.0386. The Labute approximate surface area is 169 Å². The summed E-state index contributed by atoms with van der Waals surface area (Å²) in [4.78, 5) is 16.1. The smallest absolute Gasteiger partial charge is 0.317 e. The second-order valence-corrected chi connectivity index (χ2v) is 9.08. The van der Waals surface area contributed by atoms with E-state index in [1.165, 1.54) is 36.9 Å². The van der Waals surface area contributed by atoms with Gasteiger partial charge in [-0.2, -0.15) is 0 Å². The first-order valence-electron chi connectivity index (χ1n) is 10.4. The third-order valence-electron chi connectivity index (χ3n) is 6.30. The van der Waals surface area contributed by atoms with E-state index < -0.39 is 0 Å². The summed E-state index contributed by atoms with van der Waals surface area (Å²) >= 11 is 6.21. The van der Waals surface area contributed by atoms with Gasteiger partial charge < -0.3 is 15.1 Å². The highest BCUT2D eigenvalue weighted by molar-refractivity contribution is 6.30. The Morgan fingerprint density at radius 2 is 2.00 bits per heavy atom. The molecule has 1 aromatic rings. The molecular weight excluding hydrogens is 358 g/mol. The van der Waals surface area contributed by atoms with Gasteiger partial charge in [0.05, 0.1) is 0 Å². The van der Waals surface area contributed by atoms with E-state index in [-0.39, 0.29) is 6.03 Å². The van der Waals surface area contributed by atoms with Gasteiger partial charge in [0.2, 0.25) is 0 Å². The molecular formula is C22H34ClN3O. The van der Waals surface area contributed by atoms with Crippen LogP contribution in [0.2, 0.25) is 5.02 Å². The molecule has 0 unspecified atom stereocenters. The molecule has 0 spiro atoms. The predicted octanol–water partition coefficient (Wildman–Crippen LogP) is 4.52. The van der Waals surface area contributed by atoms with Gasteiger partial charge in [0.25, 0.3) is 0 Å². The van der Waals surface area contributed by atoms with Crippen molar-refractivity contribution in [2.75, 3.05) is 33.7 Å². The molecule has 1 atom stereocenters. The number of carbonyl (C=O) groups is 1. The molecule has 1 aliphatic carbocycles. The van der Waals surface area contributed by atoms with Crippen LogP contribution in [0, 0.1) is 5.92 Å². The second kappa shape index (κ2) is 9.29. The lowest BCUT2D eigenvalue weighted by Gasteiger charge is -2.31. The molecule has 1 aliphatic heterocycles. The zero-order chi connectivity index (χ0) is 19.4. The lowest BCUT2D eigenvalue weighted by Crippen LogP contribution is -2.43. The third-order valence-corrected chi connectivity index (χ3v) is 6.54. The fraction of sp³-hybridized carbons (Fsp3) is 0.682. The van der Waals surface area contributed by atoms with E-state index in [9.17, 15) is 4.79 Å². The van der Waals surface area contributed by atoms with E-state index in [0.29, 0.717) is 12.0 Å². The lowest BCUT2D eigenvalue weighted by molar-refractivity contribution is 0.196. The monoisotopic (exact) mass is 391 g/mol. The molecule has 0 bridgehead atoms. The molecule has 1 fully saturated rings. The zero-order valence-corrected chi connectivity index (χ0v) is 17.8. The first kappa shape index (κ1) is 20.5. The van der Waals surface area contributed by atoms with Gasteiger partial charge in [-0.3, -0.25) is 0 Å². The van der Waals surface area contributed by atoms with Gasteiger partial charge in [0.15, 0.2) is 0 Å². The number of rotatable bonds is 4. The van der Waals surface area contributed by atoms with E-state index >= 15 is 0 Å². The van der Waals surface area contributed by atoms with Crippen LogP contribution in [0.3, 0.4) is 0 Å². The highest BCUT2D eigenvalue weighted by atomic mass is 35.5. The second-order valence-electron chi connectivity index (χ2n) is 8.65. The maximum absolute atomic E-state index is 11.8. The Morgan fingerprint density at radius 3 is 2.70 bits per heavy atom. The molecule has 1 N–H and O–H groups in total. The number of hydrogen-bond acceptors (Lipinski definition) is 2. The fourth-order valence-corrected chi connectivity index (χ4v) is 4.76. The number of fused-ring (bicyclic) bond motifs is 1. The number of nitrogens with zero attached hydrogens (tertiary/aromatic N) is 2. The summed E-state index contributed by atoms with van der Waals surface area (Å²) < 4.78 is 0. The number of carbonyl (C=O) groups excluding carboxylic acids is 1. The van der Waals surface area contributed by atoms with Gasteiger partial charge in [-0.1, -0.05) is 24.6 Å². The standard InChI is InChI=1S/C22H34ClN3O/c1-16-15-26(13-11-18-6-7-19(23)14-21(16)18)12-10-17-4-8-20(9-5-17)24-22(27)25(2)3/h6-7,14,16-17,20H,4-5,8-13,15H2,1-3H3,(H,24,27)/t16-,17?,20?/m1/s1. The molecule has 0 radical (unpaired) electrons. The van der Waals surface area contributed by atoms with E-state index in [1.807, 2.05) is 6.07 Å². The summed E-state index contributed by atoms with van der Waals surface area (Å²) in [7, 11) is 3.60. The Bertz CT molecular complexity index is 640. The van der Waals surface area contributed by atoms with Crippen LogP contribution in [-0.2, 0) is 6.42 Å². The van der Waals surface area contributed by atoms with Crippen molar-refractivity contribution < 1.29 is 4.79 Å². The summed E-state index contributed by atoms with van der Waals surface area (Å²) in [5.41, 5.74) is 2.90. The van der Waals surface area contributed by atoms with Crippen molar-refractivity contribution in [3.8, 4) is 0 Å². The van der Waals surface area contributed by atoms with E-state index in [1.54, 1.807) is 19.0 Å². The van der Waals surface area contributed by atoms with Crippen molar-refractivity contribution >= 4 is 17.6 Å². The third kappa shape index (κ3) is 5.61. The Kier molecular flexibility index (Phi) is 7.04. The summed E-state index contributed by atoms with van der Waals surface area (Å²) in [6, 6.07) is 6.79. The van der Waals surface area contributed by atoms with E-state index in [0.717, 1.165) is 43.3 Å². The van der Waals surface area contributed by atoms with Crippen LogP contribution in [0.1, 0.15) is 56.1 Å². The molecule has 4 nitrogen and oxygen atoms in total. The first-order valence-corrected chi connectivity index (χ1v) is 10.8. The topological polar surface area (TPSA) is 35.6 Å². The average Bonchev–Trinajstić information content (AvgIpc) is 2.80. The highest BCUT2D eigenvalue weighted by Gasteiger charge is 2.25. The number of hydrogen-bond donors (Lipinski definition) is 1. The Hall–Kier alpha value is -1.26. The van der Waals surface area contributed by atoms with Crippen molar-refractivity contribution in [1.29, 1.82) is 0 Å².